The molecule has 0 radical (unpaired) electrons. The van der Waals surface area contributed by atoms with Gasteiger partial charge in [0.1, 0.15) is 11.2 Å². The summed E-state index contributed by atoms with van der Waals surface area (Å²) in [5.41, 5.74) is 0.0210. The van der Waals surface area contributed by atoms with E-state index in [1.165, 1.54) is 11.1 Å². The van der Waals surface area contributed by atoms with Crippen molar-refractivity contribution in [1.82, 2.24) is 4.90 Å². The first-order chi connectivity index (χ1) is 14.3. The second-order valence-electron chi connectivity index (χ2n) is 9.12. The molecule has 31 heavy (non-hydrogen) atoms. The molecule has 1 heterocycles. The highest BCUT2D eigenvalue weighted by Crippen LogP contribution is 2.30. The molecule has 1 aromatic carbocycles. The predicted molar refractivity (Wildman–Crippen MR) is 116 cm³/mol. The van der Waals surface area contributed by atoms with Crippen molar-refractivity contribution >= 4 is 18.0 Å². The van der Waals surface area contributed by atoms with Gasteiger partial charge in [0.05, 0.1) is 23.8 Å². The standard InChI is InChI=1S/C24H31NO6/c1-8-29-20(26)17-11-9-16(10-12-17)19-14-13-18(21(27)30-23(2,3)4)15-25(19)22(28)31-24(5,6)7/h9-15,19H,8H2,1-7H3. The number of hydrogen-bond acceptors (Lipinski definition) is 6. The third-order valence-corrected chi connectivity index (χ3v) is 4.04. The van der Waals surface area contributed by atoms with Crippen molar-refractivity contribution < 1.29 is 28.6 Å². The van der Waals surface area contributed by atoms with Crippen LogP contribution in [0.3, 0.4) is 0 Å². The number of ether oxygens (including phenoxy) is 3. The highest BCUT2D eigenvalue weighted by molar-refractivity contribution is 5.93. The topological polar surface area (TPSA) is 82.1 Å². The van der Waals surface area contributed by atoms with Crippen LogP contribution in [0, 0.1) is 0 Å². The van der Waals surface area contributed by atoms with E-state index in [1.54, 1.807) is 84.9 Å². The minimum atomic E-state index is -0.712. The Morgan fingerprint density at radius 2 is 1.48 bits per heavy atom. The Morgan fingerprint density at radius 1 is 0.903 bits per heavy atom. The van der Waals surface area contributed by atoms with Crippen molar-refractivity contribution in [1.29, 1.82) is 0 Å². The van der Waals surface area contributed by atoms with Gasteiger partial charge in [0.15, 0.2) is 0 Å². The van der Waals surface area contributed by atoms with Gasteiger partial charge in [-0.3, -0.25) is 4.90 Å². The molecule has 0 saturated carbocycles. The summed E-state index contributed by atoms with van der Waals surface area (Å²) in [4.78, 5) is 38.7. The zero-order valence-electron chi connectivity index (χ0n) is 19.2. The van der Waals surface area contributed by atoms with E-state index in [9.17, 15) is 14.4 Å². The number of rotatable bonds is 4. The zero-order chi connectivity index (χ0) is 23.4. The lowest BCUT2D eigenvalue weighted by molar-refractivity contribution is -0.149. The number of amides is 1. The lowest BCUT2D eigenvalue weighted by Crippen LogP contribution is -2.37. The normalized spacial score (nSPS) is 16.4. The Labute approximate surface area is 183 Å². The smallest absolute Gasteiger partial charge is 0.415 e. The molecule has 1 atom stereocenters. The van der Waals surface area contributed by atoms with Crippen LogP contribution < -0.4 is 0 Å². The molecule has 0 saturated heterocycles. The van der Waals surface area contributed by atoms with Gasteiger partial charge in [-0.1, -0.05) is 18.2 Å². The van der Waals surface area contributed by atoms with Crippen molar-refractivity contribution in [3.05, 3.63) is 59.3 Å². The van der Waals surface area contributed by atoms with E-state index in [4.69, 9.17) is 14.2 Å². The number of carbonyl (C=O) groups is 3. The van der Waals surface area contributed by atoms with Crippen molar-refractivity contribution in [3.8, 4) is 0 Å². The van der Waals surface area contributed by atoms with E-state index < -0.39 is 35.3 Å². The number of benzene rings is 1. The number of hydrogen-bond donors (Lipinski definition) is 0. The minimum Gasteiger partial charge on any atom is -0.462 e. The molecule has 0 spiro atoms. The molecule has 168 valence electrons. The van der Waals surface area contributed by atoms with Crippen LogP contribution in [0.25, 0.3) is 0 Å². The predicted octanol–water partition coefficient (Wildman–Crippen LogP) is 4.94. The molecule has 7 nitrogen and oxygen atoms in total. The van der Waals surface area contributed by atoms with Gasteiger partial charge in [-0.2, -0.15) is 0 Å². The van der Waals surface area contributed by atoms with Crippen LogP contribution in [0.5, 0.6) is 0 Å². The summed E-state index contributed by atoms with van der Waals surface area (Å²) in [5, 5.41) is 0. The Hall–Kier alpha value is -3.09. The quantitative estimate of drug-likeness (QED) is 0.498. The monoisotopic (exact) mass is 429 g/mol. The molecular formula is C24H31NO6. The molecule has 0 N–H and O–H groups in total. The van der Waals surface area contributed by atoms with Crippen molar-refractivity contribution in [2.75, 3.05) is 6.61 Å². The second kappa shape index (κ2) is 9.37. The van der Waals surface area contributed by atoms with Gasteiger partial charge in [-0.15, -0.1) is 0 Å². The Balaban J connectivity index is 2.35. The molecular weight excluding hydrogens is 398 g/mol. The molecule has 1 aromatic rings. The van der Waals surface area contributed by atoms with Gasteiger partial charge in [0.2, 0.25) is 0 Å². The number of nitrogens with zero attached hydrogens (tertiary/aromatic N) is 1. The van der Waals surface area contributed by atoms with E-state index in [2.05, 4.69) is 0 Å². The fraction of sp³-hybridized carbons (Fsp3) is 0.458. The van der Waals surface area contributed by atoms with Crippen LogP contribution in [0.4, 0.5) is 4.79 Å². The first kappa shape index (κ1) is 24.2. The van der Waals surface area contributed by atoms with Gasteiger partial charge >= 0.3 is 18.0 Å². The fourth-order valence-corrected chi connectivity index (χ4v) is 2.80. The van der Waals surface area contributed by atoms with E-state index in [1.807, 2.05) is 0 Å². The molecule has 0 aliphatic carbocycles. The van der Waals surface area contributed by atoms with Crippen LogP contribution in [0.1, 0.15) is 70.4 Å². The molecule has 7 heteroatoms. The maximum absolute atomic E-state index is 12.9. The van der Waals surface area contributed by atoms with Crippen LogP contribution in [0.15, 0.2) is 48.2 Å². The van der Waals surface area contributed by atoms with Gasteiger partial charge in [0.25, 0.3) is 0 Å². The summed E-state index contributed by atoms with van der Waals surface area (Å²) in [6.45, 7) is 12.7. The molecule has 0 fully saturated rings. The van der Waals surface area contributed by atoms with Crippen molar-refractivity contribution in [2.45, 2.75) is 65.7 Å². The fourth-order valence-electron chi connectivity index (χ4n) is 2.80. The van der Waals surface area contributed by atoms with E-state index in [0.717, 1.165) is 5.56 Å². The first-order valence-electron chi connectivity index (χ1n) is 10.2. The van der Waals surface area contributed by atoms with Crippen molar-refractivity contribution in [2.24, 2.45) is 0 Å². The Bertz CT molecular complexity index is 884. The zero-order valence-corrected chi connectivity index (χ0v) is 19.2. The van der Waals surface area contributed by atoms with Crippen LogP contribution in [0.2, 0.25) is 0 Å². The molecule has 1 aliphatic heterocycles. The molecule has 1 unspecified atom stereocenters. The first-order valence-corrected chi connectivity index (χ1v) is 10.2. The SMILES string of the molecule is CCOC(=O)c1ccc(C2C=CC(C(=O)OC(C)(C)C)=CN2C(=O)OC(C)(C)C)cc1. The largest absolute Gasteiger partial charge is 0.462 e. The summed E-state index contributed by atoms with van der Waals surface area (Å²) < 4.78 is 16.0. The summed E-state index contributed by atoms with van der Waals surface area (Å²) in [7, 11) is 0. The maximum atomic E-state index is 12.9. The molecule has 0 bridgehead atoms. The summed E-state index contributed by atoms with van der Waals surface area (Å²) >= 11 is 0. The van der Waals surface area contributed by atoms with E-state index >= 15 is 0 Å². The van der Waals surface area contributed by atoms with E-state index in [0.29, 0.717) is 5.56 Å². The molecule has 1 amide bonds. The van der Waals surface area contributed by atoms with E-state index in [-0.39, 0.29) is 12.2 Å². The van der Waals surface area contributed by atoms with Gasteiger partial charge in [0, 0.05) is 6.20 Å². The Morgan fingerprint density at radius 3 is 2.00 bits per heavy atom. The Kier molecular flexibility index (Phi) is 7.31. The third-order valence-electron chi connectivity index (χ3n) is 4.04. The van der Waals surface area contributed by atoms with Gasteiger partial charge in [-0.05, 0) is 72.2 Å². The minimum absolute atomic E-state index is 0.236. The molecule has 1 aliphatic rings. The average Bonchev–Trinajstić information content (AvgIpc) is 2.65. The van der Waals surface area contributed by atoms with Crippen LogP contribution in [-0.4, -0.2) is 40.7 Å². The molecule has 0 aromatic heterocycles. The second-order valence-corrected chi connectivity index (χ2v) is 9.12. The van der Waals surface area contributed by atoms with Crippen LogP contribution in [-0.2, 0) is 19.0 Å². The molecule has 2 rings (SSSR count). The average molecular weight is 430 g/mol. The number of esters is 2. The summed E-state index contributed by atoms with van der Waals surface area (Å²) in [6.07, 6.45) is 4.19. The highest BCUT2D eigenvalue weighted by atomic mass is 16.6. The highest BCUT2D eigenvalue weighted by Gasteiger charge is 2.31. The van der Waals surface area contributed by atoms with Crippen molar-refractivity contribution in [3.63, 3.8) is 0 Å². The number of carbonyl (C=O) groups excluding carboxylic acids is 3. The maximum Gasteiger partial charge on any atom is 0.415 e. The summed E-state index contributed by atoms with van der Waals surface area (Å²) in [6, 6.07) is 6.25. The lowest BCUT2D eigenvalue weighted by atomic mass is 9.99. The summed E-state index contributed by atoms with van der Waals surface area (Å²) in [5.74, 6) is -0.947. The lowest BCUT2D eigenvalue weighted by Gasteiger charge is -2.32. The third kappa shape index (κ3) is 6.98. The van der Waals surface area contributed by atoms with Crippen LogP contribution >= 0.6 is 0 Å². The van der Waals surface area contributed by atoms with Gasteiger partial charge < -0.3 is 14.2 Å². The van der Waals surface area contributed by atoms with Gasteiger partial charge in [-0.25, -0.2) is 14.4 Å².